The number of hydrogen-bond acceptors (Lipinski definition) is 3. The maximum Gasteiger partial charge on any atom is 0.250 e. The molecule has 1 N–H and O–H groups in total. The summed E-state index contributed by atoms with van der Waals surface area (Å²) in [5, 5.41) is 4.91. The van der Waals surface area contributed by atoms with Crippen LogP contribution in [0.15, 0.2) is 30.5 Å². The lowest BCUT2D eigenvalue weighted by Crippen LogP contribution is -2.20. The summed E-state index contributed by atoms with van der Waals surface area (Å²) in [7, 11) is 0. The first-order valence-corrected chi connectivity index (χ1v) is 6.40. The minimum Gasteiger partial charge on any atom is -0.369 e. The minimum atomic E-state index is -0.186. The van der Waals surface area contributed by atoms with E-state index in [-0.39, 0.29) is 18.6 Å². The molecule has 19 heavy (non-hydrogen) atoms. The molecule has 2 aromatic rings. The molecule has 0 aliphatic heterocycles. The summed E-state index contributed by atoms with van der Waals surface area (Å²) in [5.41, 5.74) is 0.708. The second-order valence-electron chi connectivity index (χ2n) is 4.41. The fraction of sp³-hybridized carbons (Fsp3) is 0.286. The summed E-state index contributed by atoms with van der Waals surface area (Å²) in [6.07, 6.45) is 1.64. The van der Waals surface area contributed by atoms with E-state index in [2.05, 4.69) is 10.3 Å². The van der Waals surface area contributed by atoms with Crippen molar-refractivity contribution in [3.8, 4) is 0 Å². The van der Waals surface area contributed by atoms with E-state index in [0.717, 1.165) is 10.8 Å². The lowest BCUT2D eigenvalue weighted by molar-refractivity contribution is -0.121. The van der Waals surface area contributed by atoms with Gasteiger partial charge in [0.15, 0.2) is 0 Å². The number of pyridine rings is 1. The Morgan fingerprint density at radius 3 is 2.89 bits per heavy atom. The van der Waals surface area contributed by atoms with Crippen molar-refractivity contribution in [2.75, 3.05) is 11.9 Å². The Labute approximate surface area is 116 Å². The van der Waals surface area contributed by atoms with E-state index in [1.54, 1.807) is 6.20 Å². The van der Waals surface area contributed by atoms with Gasteiger partial charge in [0.05, 0.1) is 6.10 Å². The van der Waals surface area contributed by atoms with Gasteiger partial charge in [-0.25, -0.2) is 4.98 Å². The number of carbonyl (C=O) groups excluding carboxylic acids is 1. The third-order valence-corrected chi connectivity index (χ3v) is 2.88. The third kappa shape index (κ3) is 3.43. The highest BCUT2D eigenvalue weighted by Gasteiger charge is 2.08. The molecule has 0 atom stereocenters. The van der Waals surface area contributed by atoms with E-state index >= 15 is 0 Å². The van der Waals surface area contributed by atoms with Gasteiger partial charge in [-0.1, -0.05) is 23.7 Å². The molecule has 0 radical (unpaired) electrons. The first-order chi connectivity index (χ1) is 9.08. The molecule has 0 saturated heterocycles. The second-order valence-corrected chi connectivity index (χ2v) is 4.77. The number of rotatable bonds is 4. The maximum atomic E-state index is 11.8. The topological polar surface area (TPSA) is 51.2 Å². The van der Waals surface area contributed by atoms with Crippen LogP contribution in [-0.4, -0.2) is 23.6 Å². The number of nitrogens with one attached hydrogen (secondary N) is 1. The van der Waals surface area contributed by atoms with Crippen LogP contribution in [0.3, 0.4) is 0 Å². The summed E-state index contributed by atoms with van der Waals surface area (Å²) < 4.78 is 5.26. The van der Waals surface area contributed by atoms with Gasteiger partial charge in [0.1, 0.15) is 11.8 Å². The number of halogens is 1. The van der Waals surface area contributed by atoms with Crippen LogP contribution in [0.4, 0.5) is 5.69 Å². The van der Waals surface area contributed by atoms with Crippen molar-refractivity contribution >= 4 is 34.0 Å². The number of anilines is 1. The standard InChI is InChI=1S/C14H15ClN2O2/c1-9(2)19-8-13(18)17-12-5-3-4-11-10(12)6-7-16-14(11)15/h3-7,9H,8H2,1-2H3,(H,17,18). The van der Waals surface area contributed by atoms with E-state index < -0.39 is 0 Å². The Bertz CT molecular complexity index is 599. The van der Waals surface area contributed by atoms with E-state index in [1.165, 1.54) is 0 Å². The normalized spacial score (nSPS) is 10.9. The third-order valence-electron chi connectivity index (χ3n) is 2.58. The fourth-order valence-corrected chi connectivity index (χ4v) is 1.93. The number of fused-ring (bicyclic) bond motifs is 1. The number of nitrogens with zero attached hydrogens (tertiary/aromatic N) is 1. The van der Waals surface area contributed by atoms with Crippen molar-refractivity contribution < 1.29 is 9.53 Å². The van der Waals surface area contributed by atoms with Gasteiger partial charge in [-0.3, -0.25) is 4.79 Å². The van der Waals surface area contributed by atoms with Crippen molar-refractivity contribution in [2.45, 2.75) is 20.0 Å². The zero-order valence-electron chi connectivity index (χ0n) is 10.8. The molecule has 2 rings (SSSR count). The van der Waals surface area contributed by atoms with Crippen LogP contribution in [0.2, 0.25) is 5.15 Å². The van der Waals surface area contributed by atoms with Gasteiger partial charge in [-0.05, 0) is 26.0 Å². The van der Waals surface area contributed by atoms with Crippen LogP contribution in [0.1, 0.15) is 13.8 Å². The largest absolute Gasteiger partial charge is 0.369 e. The van der Waals surface area contributed by atoms with Gasteiger partial charge in [0, 0.05) is 22.7 Å². The number of hydrogen-bond donors (Lipinski definition) is 1. The first kappa shape index (κ1) is 13.8. The van der Waals surface area contributed by atoms with Gasteiger partial charge < -0.3 is 10.1 Å². The average molecular weight is 279 g/mol. The van der Waals surface area contributed by atoms with Gasteiger partial charge in [0.25, 0.3) is 0 Å². The first-order valence-electron chi connectivity index (χ1n) is 6.02. The van der Waals surface area contributed by atoms with Crippen LogP contribution in [-0.2, 0) is 9.53 Å². The van der Waals surface area contributed by atoms with E-state index in [0.29, 0.717) is 10.8 Å². The van der Waals surface area contributed by atoms with E-state index in [9.17, 15) is 4.79 Å². The predicted octanol–water partition coefficient (Wildman–Crippen LogP) is 3.25. The number of aromatic nitrogens is 1. The van der Waals surface area contributed by atoms with Crippen LogP contribution in [0, 0.1) is 0 Å². The molecule has 0 bridgehead atoms. The molecule has 1 amide bonds. The summed E-state index contributed by atoms with van der Waals surface area (Å²) in [5.74, 6) is -0.186. The van der Waals surface area contributed by atoms with Crippen molar-refractivity contribution in [1.29, 1.82) is 0 Å². The lowest BCUT2D eigenvalue weighted by Gasteiger charge is -2.10. The van der Waals surface area contributed by atoms with Gasteiger partial charge >= 0.3 is 0 Å². The van der Waals surface area contributed by atoms with Crippen molar-refractivity contribution in [2.24, 2.45) is 0 Å². The Morgan fingerprint density at radius 2 is 2.16 bits per heavy atom. The molecule has 0 unspecified atom stereocenters. The monoisotopic (exact) mass is 278 g/mol. The Kier molecular flexibility index (Phi) is 4.35. The van der Waals surface area contributed by atoms with E-state index in [1.807, 2.05) is 38.1 Å². The quantitative estimate of drug-likeness (QED) is 0.874. The molecule has 0 fully saturated rings. The van der Waals surface area contributed by atoms with Gasteiger partial charge in [-0.15, -0.1) is 0 Å². The highest BCUT2D eigenvalue weighted by molar-refractivity contribution is 6.34. The molecule has 0 aliphatic rings. The van der Waals surface area contributed by atoms with E-state index in [4.69, 9.17) is 16.3 Å². The number of carbonyl (C=O) groups is 1. The van der Waals surface area contributed by atoms with Gasteiger partial charge in [0.2, 0.25) is 5.91 Å². The molecule has 1 aromatic carbocycles. The van der Waals surface area contributed by atoms with Crippen LogP contribution in [0.5, 0.6) is 0 Å². The highest BCUT2D eigenvalue weighted by Crippen LogP contribution is 2.27. The number of amides is 1. The molecule has 4 nitrogen and oxygen atoms in total. The number of benzene rings is 1. The molecular formula is C14H15ClN2O2. The maximum absolute atomic E-state index is 11.8. The van der Waals surface area contributed by atoms with Crippen molar-refractivity contribution in [3.63, 3.8) is 0 Å². The molecule has 0 saturated carbocycles. The minimum absolute atomic E-state index is 0.0249. The summed E-state index contributed by atoms with van der Waals surface area (Å²) in [6.45, 7) is 3.81. The number of ether oxygens (including phenoxy) is 1. The SMILES string of the molecule is CC(C)OCC(=O)Nc1cccc2c(Cl)nccc12. The summed E-state index contributed by atoms with van der Waals surface area (Å²) in [6, 6.07) is 7.34. The van der Waals surface area contributed by atoms with Crippen molar-refractivity contribution in [3.05, 3.63) is 35.6 Å². The smallest absolute Gasteiger partial charge is 0.250 e. The summed E-state index contributed by atoms with van der Waals surface area (Å²) >= 11 is 6.02. The Hall–Kier alpha value is -1.65. The molecule has 0 spiro atoms. The van der Waals surface area contributed by atoms with Crippen molar-refractivity contribution in [1.82, 2.24) is 4.98 Å². The Morgan fingerprint density at radius 1 is 1.37 bits per heavy atom. The molecule has 1 heterocycles. The Balaban J connectivity index is 2.21. The molecular weight excluding hydrogens is 264 g/mol. The van der Waals surface area contributed by atoms with Crippen LogP contribution < -0.4 is 5.32 Å². The summed E-state index contributed by atoms with van der Waals surface area (Å²) in [4.78, 5) is 15.8. The zero-order valence-corrected chi connectivity index (χ0v) is 11.6. The average Bonchev–Trinajstić information content (AvgIpc) is 2.38. The highest BCUT2D eigenvalue weighted by atomic mass is 35.5. The second kappa shape index (κ2) is 5.99. The van der Waals surface area contributed by atoms with Gasteiger partial charge in [-0.2, -0.15) is 0 Å². The lowest BCUT2D eigenvalue weighted by atomic mass is 10.1. The molecule has 1 aromatic heterocycles. The predicted molar refractivity (Wildman–Crippen MR) is 76.5 cm³/mol. The van der Waals surface area contributed by atoms with Crippen LogP contribution in [0.25, 0.3) is 10.8 Å². The molecule has 100 valence electrons. The fourth-order valence-electron chi connectivity index (χ4n) is 1.71. The zero-order chi connectivity index (χ0) is 13.8. The molecule has 0 aliphatic carbocycles. The van der Waals surface area contributed by atoms with Crippen LogP contribution >= 0.6 is 11.6 Å². The molecule has 5 heteroatoms.